The lowest BCUT2D eigenvalue weighted by molar-refractivity contribution is -0.0178. The molecular weight excluding hydrogens is 448 g/mol. The molecule has 1 unspecified atom stereocenters. The number of nitrogens with one attached hydrogen (secondary N) is 2. The summed E-state index contributed by atoms with van der Waals surface area (Å²) in [6.45, 7) is -0.270. The zero-order valence-electron chi connectivity index (χ0n) is 17.2. The Bertz CT molecular complexity index is 1020. The molecule has 1 atom stereocenters. The zero-order chi connectivity index (χ0) is 23.5. The Labute approximate surface area is 185 Å². The van der Waals surface area contributed by atoms with E-state index >= 15 is 0 Å². The molecule has 0 radical (unpaired) electrons. The number of likely N-dealkylation sites (tertiary alicyclic amines) is 1. The van der Waals surface area contributed by atoms with Crippen molar-refractivity contribution in [3.05, 3.63) is 35.5 Å². The lowest BCUT2D eigenvalue weighted by Crippen LogP contribution is -2.52. The molecule has 1 saturated heterocycles. The molecule has 1 aliphatic heterocycles. The number of nitrogen functional groups attached to an aromatic ring is 1. The minimum absolute atomic E-state index is 0.0832. The summed E-state index contributed by atoms with van der Waals surface area (Å²) in [5.41, 5.74) is 5.17. The number of halogens is 4. The number of benzene rings is 1. The summed E-state index contributed by atoms with van der Waals surface area (Å²) >= 11 is 0.732. The van der Waals surface area contributed by atoms with Crippen molar-refractivity contribution in [1.29, 1.82) is 5.41 Å². The molecule has 1 aliphatic rings. The van der Waals surface area contributed by atoms with E-state index < -0.39 is 41.6 Å². The van der Waals surface area contributed by atoms with Crippen LogP contribution in [0.2, 0.25) is 0 Å². The molecule has 172 valence electrons. The highest BCUT2D eigenvalue weighted by Crippen LogP contribution is 2.33. The number of aliphatic imine (C=N–C) groups is 1. The first kappa shape index (κ1) is 23.6. The van der Waals surface area contributed by atoms with Crippen LogP contribution < -0.4 is 11.1 Å². The molecule has 2 aromatic rings. The van der Waals surface area contributed by atoms with Crippen molar-refractivity contribution in [3.63, 3.8) is 0 Å². The number of alkyl halides is 2. The SMILES string of the molecule is CN=C(C(C=N)NC(=O)c1nc(-c2c(F)cccc2F)sc1N)N1CCCCC(F)(F)C1. The maximum atomic E-state index is 14.1. The highest BCUT2D eigenvalue weighted by molar-refractivity contribution is 7.19. The molecule has 1 fully saturated rings. The Morgan fingerprint density at radius 1 is 1.38 bits per heavy atom. The van der Waals surface area contributed by atoms with Crippen molar-refractivity contribution in [2.24, 2.45) is 4.99 Å². The number of nitrogens with zero attached hydrogens (tertiary/aromatic N) is 3. The Kier molecular flexibility index (Phi) is 7.12. The van der Waals surface area contributed by atoms with Gasteiger partial charge in [-0.1, -0.05) is 17.4 Å². The summed E-state index contributed by atoms with van der Waals surface area (Å²) in [4.78, 5) is 22.2. The molecule has 3 rings (SSSR count). The van der Waals surface area contributed by atoms with Crippen LogP contribution in [0, 0.1) is 17.0 Å². The Morgan fingerprint density at radius 3 is 2.69 bits per heavy atom. The molecule has 7 nitrogen and oxygen atoms in total. The van der Waals surface area contributed by atoms with Gasteiger partial charge in [-0.25, -0.2) is 22.5 Å². The smallest absolute Gasteiger partial charge is 0.273 e. The van der Waals surface area contributed by atoms with Gasteiger partial charge in [-0.2, -0.15) is 0 Å². The molecule has 1 amide bonds. The molecule has 2 heterocycles. The Balaban J connectivity index is 1.83. The lowest BCUT2D eigenvalue weighted by atomic mass is 10.2. The molecule has 1 aromatic heterocycles. The summed E-state index contributed by atoms with van der Waals surface area (Å²) < 4.78 is 56.3. The fourth-order valence-corrected chi connectivity index (χ4v) is 4.37. The number of carbonyl (C=O) groups is 1. The minimum atomic E-state index is -2.92. The molecule has 0 aliphatic carbocycles. The number of carbonyl (C=O) groups excluding carboxylic acids is 1. The zero-order valence-corrected chi connectivity index (χ0v) is 18.0. The third-order valence-electron chi connectivity index (χ3n) is 4.97. The van der Waals surface area contributed by atoms with Gasteiger partial charge < -0.3 is 21.4 Å². The van der Waals surface area contributed by atoms with Crippen molar-refractivity contribution in [3.8, 4) is 10.6 Å². The standard InChI is InChI=1S/C20H22F4N6OS/c1-27-17(30-8-3-2-7-20(23,24)10-30)13(9-25)28-18(31)15-16(26)32-19(29-15)14-11(21)5-4-6-12(14)22/h4-6,9,13,25H,2-3,7-8,10,26H2,1H3,(H,28,31). The quantitative estimate of drug-likeness (QED) is 0.353. The van der Waals surface area contributed by atoms with Crippen molar-refractivity contribution < 1.29 is 22.4 Å². The van der Waals surface area contributed by atoms with Gasteiger partial charge in [0, 0.05) is 26.2 Å². The van der Waals surface area contributed by atoms with Crippen LogP contribution in [0.4, 0.5) is 22.6 Å². The van der Waals surface area contributed by atoms with Crippen LogP contribution in [0.15, 0.2) is 23.2 Å². The van der Waals surface area contributed by atoms with E-state index in [1.165, 1.54) is 18.0 Å². The summed E-state index contributed by atoms with van der Waals surface area (Å²) in [5, 5.41) is 9.98. The van der Waals surface area contributed by atoms with E-state index in [0.717, 1.165) is 29.7 Å². The largest absolute Gasteiger partial charge is 0.389 e. The molecule has 0 saturated carbocycles. The van der Waals surface area contributed by atoms with E-state index in [9.17, 15) is 22.4 Å². The molecule has 32 heavy (non-hydrogen) atoms. The van der Waals surface area contributed by atoms with E-state index in [1.54, 1.807) is 0 Å². The van der Waals surface area contributed by atoms with Gasteiger partial charge in [0.25, 0.3) is 11.8 Å². The summed E-state index contributed by atoms with van der Waals surface area (Å²) in [6, 6.07) is 2.20. The Morgan fingerprint density at radius 2 is 2.06 bits per heavy atom. The second-order valence-electron chi connectivity index (χ2n) is 7.26. The van der Waals surface area contributed by atoms with Gasteiger partial charge in [0.1, 0.15) is 33.5 Å². The van der Waals surface area contributed by atoms with Crippen molar-refractivity contribution in [2.45, 2.75) is 31.2 Å². The average Bonchev–Trinajstić information content (AvgIpc) is 3.01. The topological polar surface area (TPSA) is 107 Å². The molecule has 4 N–H and O–H groups in total. The third kappa shape index (κ3) is 5.06. The number of anilines is 1. The fourth-order valence-electron chi connectivity index (χ4n) is 3.49. The van der Waals surface area contributed by atoms with Crippen LogP contribution in [0.5, 0.6) is 0 Å². The van der Waals surface area contributed by atoms with E-state index in [-0.39, 0.29) is 28.0 Å². The number of aromatic nitrogens is 1. The second-order valence-corrected chi connectivity index (χ2v) is 8.29. The number of rotatable bonds is 5. The van der Waals surface area contributed by atoms with Crippen molar-refractivity contribution >= 4 is 34.3 Å². The van der Waals surface area contributed by atoms with Crippen molar-refractivity contribution in [1.82, 2.24) is 15.2 Å². The number of hydrogen-bond acceptors (Lipinski definition) is 6. The second kappa shape index (κ2) is 9.63. The fraction of sp³-hybridized carbons (Fsp3) is 0.400. The molecular formula is C20H22F4N6OS. The maximum Gasteiger partial charge on any atom is 0.273 e. The van der Waals surface area contributed by atoms with Gasteiger partial charge >= 0.3 is 0 Å². The molecule has 1 aromatic carbocycles. The van der Waals surface area contributed by atoms with E-state index in [4.69, 9.17) is 11.1 Å². The molecule has 12 heteroatoms. The van der Waals surface area contributed by atoms with Gasteiger partial charge in [0.15, 0.2) is 5.69 Å². The first-order valence-corrected chi connectivity index (χ1v) is 10.6. The monoisotopic (exact) mass is 470 g/mol. The van der Waals surface area contributed by atoms with Crippen LogP contribution in [-0.4, -0.2) is 59.9 Å². The molecule has 0 spiro atoms. The predicted octanol–water partition coefficient (Wildman–Crippen LogP) is 3.57. The highest BCUT2D eigenvalue weighted by Gasteiger charge is 2.36. The number of amides is 1. The first-order chi connectivity index (χ1) is 15.2. The van der Waals surface area contributed by atoms with E-state index in [2.05, 4.69) is 15.3 Å². The van der Waals surface area contributed by atoms with Crippen LogP contribution in [0.1, 0.15) is 29.8 Å². The predicted molar refractivity (Wildman–Crippen MR) is 116 cm³/mol. The normalized spacial score (nSPS) is 17.5. The highest BCUT2D eigenvalue weighted by atomic mass is 32.1. The summed E-state index contributed by atoms with van der Waals surface area (Å²) in [6.07, 6.45) is 1.49. The number of amidine groups is 1. The average molecular weight is 470 g/mol. The van der Waals surface area contributed by atoms with Gasteiger partial charge in [-0.3, -0.25) is 9.79 Å². The molecule has 0 bridgehead atoms. The van der Waals surface area contributed by atoms with E-state index in [1.807, 2.05) is 0 Å². The van der Waals surface area contributed by atoms with Crippen molar-refractivity contribution in [2.75, 3.05) is 25.9 Å². The van der Waals surface area contributed by atoms with Gasteiger partial charge in [-0.15, -0.1) is 0 Å². The minimum Gasteiger partial charge on any atom is -0.389 e. The van der Waals surface area contributed by atoms with E-state index in [0.29, 0.717) is 19.4 Å². The number of hydrogen-bond donors (Lipinski definition) is 3. The third-order valence-corrected chi connectivity index (χ3v) is 5.87. The first-order valence-electron chi connectivity index (χ1n) is 9.78. The maximum absolute atomic E-state index is 14.1. The number of nitrogens with two attached hydrogens (primary N) is 1. The van der Waals surface area contributed by atoms with Gasteiger partial charge in [0.05, 0.1) is 12.1 Å². The van der Waals surface area contributed by atoms with Gasteiger partial charge in [-0.05, 0) is 25.0 Å². The van der Waals surface area contributed by atoms with Crippen LogP contribution in [0.3, 0.4) is 0 Å². The summed E-state index contributed by atoms with van der Waals surface area (Å²) in [5.74, 6) is -5.35. The lowest BCUT2D eigenvalue weighted by Gasteiger charge is -2.30. The van der Waals surface area contributed by atoms with Crippen LogP contribution >= 0.6 is 11.3 Å². The van der Waals surface area contributed by atoms with Crippen LogP contribution in [-0.2, 0) is 0 Å². The van der Waals surface area contributed by atoms with Crippen LogP contribution in [0.25, 0.3) is 10.6 Å². The summed E-state index contributed by atoms with van der Waals surface area (Å²) in [7, 11) is 1.39. The Hall–Kier alpha value is -3.02. The van der Waals surface area contributed by atoms with Gasteiger partial charge in [0.2, 0.25) is 0 Å². The number of thiazole rings is 1.